The molecule has 0 unspecified atom stereocenters. The second kappa shape index (κ2) is 9.01. The number of nitrogens with zero attached hydrogens (tertiary/aromatic N) is 2. The van der Waals surface area contributed by atoms with Crippen molar-refractivity contribution in [2.75, 3.05) is 32.8 Å². The lowest BCUT2D eigenvalue weighted by atomic mass is 9.98. The van der Waals surface area contributed by atoms with E-state index in [4.69, 9.17) is 27.9 Å². The van der Waals surface area contributed by atoms with E-state index in [-0.39, 0.29) is 0 Å². The van der Waals surface area contributed by atoms with E-state index in [2.05, 4.69) is 27.0 Å². The Balaban J connectivity index is 1.56. The van der Waals surface area contributed by atoms with Gasteiger partial charge in [0.05, 0.1) is 18.2 Å². The summed E-state index contributed by atoms with van der Waals surface area (Å²) in [5.74, 6) is 0. The van der Waals surface area contributed by atoms with Crippen LogP contribution in [-0.2, 0) is 11.2 Å². The first kappa shape index (κ1) is 20.5. The summed E-state index contributed by atoms with van der Waals surface area (Å²) in [6.45, 7) is 4.54. The number of pyridine rings is 1. The highest BCUT2D eigenvalue weighted by Crippen LogP contribution is 2.38. The molecule has 0 bridgehead atoms. The van der Waals surface area contributed by atoms with Crippen molar-refractivity contribution in [2.45, 2.75) is 6.42 Å². The van der Waals surface area contributed by atoms with Crippen molar-refractivity contribution in [1.82, 2.24) is 14.9 Å². The van der Waals surface area contributed by atoms with Gasteiger partial charge in [-0.3, -0.25) is 9.88 Å². The standard InChI is InChI=1S/C25H23Cl2N3O/c26-20-6-4-17(5-7-20)18-14-19(16-28-15-18)24-23(8-9-30-10-12-31-13-11-30)29-22-3-1-2-21(27)25(22)24/h1-7,14-16,29H,8-13H2. The molecule has 2 aromatic carbocycles. The van der Waals surface area contributed by atoms with Crippen LogP contribution >= 0.6 is 23.2 Å². The third-order valence-corrected chi connectivity index (χ3v) is 6.40. The average Bonchev–Trinajstić information content (AvgIpc) is 3.19. The van der Waals surface area contributed by atoms with Crippen LogP contribution < -0.4 is 0 Å². The van der Waals surface area contributed by atoms with E-state index in [0.29, 0.717) is 0 Å². The van der Waals surface area contributed by atoms with Gasteiger partial charge in [-0.2, -0.15) is 0 Å². The molecule has 1 saturated heterocycles. The molecule has 0 atom stereocenters. The summed E-state index contributed by atoms with van der Waals surface area (Å²) in [5.41, 5.74) is 6.57. The van der Waals surface area contributed by atoms with Gasteiger partial charge in [0.15, 0.2) is 0 Å². The first-order chi connectivity index (χ1) is 15.2. The fourth-order valence-electron chi connectivity index (χ4n) is 4.24. The number of H-pyrrole nitrogens is 1. The highest BCUT2D eigenvalue weighted by Gasteiger charge is 2.18. The van der Waals surface area contributed by atoms with E-state index in [9.17, 15) is 0 Å². The fraction of sp³-hybridized carbons (Fsp3) is 0.240. The number of morpholine rings is 1. The van der Waals surface area contributed by atoms with E-state index in [1.165, 1.54) is 5.69 Å². The summed E-state index contributed by atoms with van der Waals surface area (Å²) >= 11 is 12.7. The summed E-state index contributed by atoms with van der Waals surface area (Å²) in [6, 6.07) is 16.0. The van der Waals surface area contributed by atoms with Crippen molar-refractivity contribution in [1.29, 1.82) is 0 Å². The molecule has 0 radical (unpaired) electrons. The molecule has 1 fully saturated rings. The Morgan fingerprint density at radius 3 is 2.52 bits per heavy atom. The fourth-order valence-corrected chi connectivity index (χ4v) is 4.63. The van der Waals surface area contributed by atoms with Gasteiger partial charge in [-0.25, -0.2) is 0 Å². The normalized spacial score (nSPS) is 14.9. The maximum atomic E-state index is 6.67. The van der Waals surface area contributed by atoms with Gasteiger partial charge in [0.1, 0.15) is 0 Å². The van der Waals surface area contributed by atoms with Gasteiger partial charge in [-0.05, 0) is 35.9 Å². The predicted octanol–water partition coefficient (Wildman–Crippen LogP) is 6.08. The van der Waals surface area contributed by atoms with Crippen LogP contribution in [0.5, 0.6) is 0 Å². The minimum atomic E-state index is 0.724. The quantitative estimate of drug-likeness (QED) is 0.399. The van der Waals surface area contributed by atoms with Crippen molar-refractivity contribution in [2.24, 2.45) is 0 Å². The van der Waals surface area contributed by atoms with E-state index in [0.717, 1.165) is 82.5 Å². The zero-order chi connectivity index (χ0) is 21.2. The number of fused-ring (bicyclic) bond motifs is 1. The Hall–Kier alpha value is -2.37. The van der Waals surface area contributed by atoms with Crippen molar-refractivity contribution >= 4 is 34.1 Å². The van der Waals surface area contributed by atoms with Gasteiger partial charge in [-0.15, -0.1) is 0 Å². The number of halogens is 2. The molecule has 0 aliphatic carbocycles. The van der Waals surface area contributed by atoms with Crippen molar-refractivity contribution in [3.63, 3.8) is 0 Å². The maximum Gasteiger partial charge on any atom is 0.0594 e. The van der Waals surface area contributed by atoms with Gasteiger partial charge in [0.2, 0.25) is 0 Å². The van der Waals surface area contributed by atoms with Crippen LogP contribution in [-0.4, -0.2) is 47.7 Å². The zero-order valence-corrected chi connectivity index (χ0v) is 18.6. The van der Waals surface area contributed by atoms with Gasteiger partial charge >= 0.3 is 0 Å². The first-order valence-corrected chi connectivity index (χ1v) is 11.2. The number of benzene rings is 2. The lowest BCUT2D eigenvalue weighted by Gasteiger charge is -2.26. The smallest absolute Gasteiger partial charge is 0.0594 e. The van der Waals surface area contributed by atoms with Gasteiger partial charge in [0.25, 0.3) is 0 Å². The van der Waals surface area contributed by atoms with Crippen LogP contribution in [0.2, 0.25) is 10.0 Å². The Morgan fingerprint density at radius 2 is 1.71 bits per heavy atom. The molecule has 1 aliphatic rings. The molecule has 0 saturated carbocycles. The molecule has 2 aromatic heterocycles. The van der Waals surface area contributed by atoms with Crippen LogP contribution in [0.3, 0.4) is 0 Å². The van der Waals surface area contributed by atoms with E-state index in [1.807, 2.05) is 48.8 Å². The van der Waals surface area contributed by atoms with E-state index in [1.54, 1.807) is 0 Å². The third-order valence-electron chi connectivity index (χ3n) is 5.84. The lowest BCUT2D eigenvalue weighted by Crippen LogP contribution is -2.37. The summed E-state index contributed by atoms with van der Waals surface area (Å²) < 4.78 is 5.49. The number of hydrogen-bond acceptors (Lipinski definition) is 3. The van der Waals surface area contributed by atoms with Gasteiger partial charge < -0.3 is 9.72 Å². The molecule has 158 valence electrons. The van der Waals surface area contributed by atoms with E-state index >= 15 is 0 Å². The molecule has 1 N–H and O–H groups in total. The third kappa shape index (κ3) is 4.35. The number of aromatic amines is 1. The number of hydrogen-bond donors (Lipinski definition) is 1. The molecule has 5 rings (SSSR count). The number of ether oxygens (including phenoxy) is 1. The lowest BCUT2D eigenvalue weighted by molar-refractivity contribution is 0.0384. The molecule has 3 heterocycles. The highest BCUT2D eigenvalue weighted by atomic mass is 35.5. The topological polar surface area (TPSA) is 41.2 Å². The molecular weight excluding hydrogens is 429 g/mol. The highest BCUT2D eigenvalue weighted by molar-refractivity contribution is 6.36. The minimum absolute atomic E-state index is 0.724. The Kier molecular flexibility index (Phi) is 5.97. The van der Waals surface area contributed by atoms with Crippen LogP contribution in [0.1, 0.15) is 5.69 Å². The van der Waals surface area contributed by atoms with Gasteiger partial charge in [-0.1, -0.05) is 41.4 Å². The maximum absolute atomic E-state index is 6.67. The van der Waals surface area contributed by atoms with Crippen LogP contribution in [0.15, 0.2) is 60.9 Å². The Labute approximate surface area is 191 Å². The summed E-state index contributed by atoms with van der Waals surface area (Å²) in [7, 11) is 0. The minimum Gasteiger partial charge on any atom is -0.379 e. The number of aromatic nitrogens is 2. The molecule has 0 amide bonds. The van der Waals surface area contributed by atoms with Crippen molar-refractivity contribution in [3.05, 3.63) is 76.7 Å². The number of nitrogens with one attached hydrogen (secondary N) is 1. The van der Waals surface area contributed by atoms with Crippen LogP contribution in [0, 0.1) is 0 Å². The largest absolute Gasteiger partial charge is 0.379 e. The average molecular weight is 452 g/mol. The zero-order valence-electron chi connectivity index (χ0n) is 17.1. The van der Waals surface area contributed by atoms with E-state index < -0.39 is 0 Å². The van der Waals surface area contributed by atoms with Crippen LogP contribution in [0.25, 0.3) is 33.2 Å². The SMILES string of the molecule is Clc1ccc(-c2cncc(-c3c(CCN4CCOCC4)[nH]c4cccc(Cl)c34)c2)cc1. The second-order valence-electron chi connectivity index (χ2n) is 7.81. The Morgan fingerprint density at radius 1 is 0.935 bits per heavy atom. The molecule has 1 aliphatic heterocycles. The predicted molar refractivity (Wildman–Crippen MR) is 128 cm³/mol. The van der Waals surface area contributed by atoms with Crippen LogP contribution in [0.4, 0.5) is 0 Å². The molecular formula is C25H23Cl2N3O. The van der Waals surface area contributed by atoms with Crippen molar-refractivity contribution in [3.8, 4) is 22.3 Å². The van der Waals surface area contributed by atoms with Crippen molar-refractivity contribution < 1.29 is 4.74 Å². The molecule has 0 spiro atoms. The molecule has 31 heavy (non-hydrogen) atoms. The first-order valence-electron chi connectivity index (χ1n) is 10.5. The summed E-state index contributed by atoms with van der Waals surface area (Å²) in [5, 5.41) is 2.52. The molecule has 4 nitrogen and oxygen atoms in total. The number of rotatable bonds is 5. The molecule has 4 aromatic rings. The summed E-state index contributed by atoms with van der Waals surface area (Å²) in [4.78, 5) is 10.6. The monoisotopic (exact) mass is 451 g/mol. The Bertz CT molecular complexity index is 1200. The summed E-state index contributed by atoms with van der Waals surface area (Å²) in [6.07, 6.45) is 4.71. The molecule has 6 heteroatoms. The van der Waals surface area contributed by atoms with Gasteiger partial charge in [0, 0.05) is 76.8 Å². The second-order valence-corrected chi connectivity index (χ2v) is 8.66.